The van der Waals surface area contributed by atoms with E-state index in [4.69, 9.17) is 14.2 Å². The van der Waals surface area contributed by atoms with Crippen molar-refractivity contribution in [2.24, 2.45) is 0 Å². The normalized spacial score (nSPS) is 20.5. The molecule has 3 rings (SSSR count). The van der Waals surface area contributed by atoms with E-state index in [0.717, 1.165) is 0 Å². The van der Waals surface area contributed by atoms with E-state index in [1.165, 1.54) is 0 Å². The summed E-state index contributed by atoms with van der Waals surface area (Å²) in [6, 6.07) is 5.41. The van der Waals surface area contributed by atoms with Gasteiger partial charge >= 0.3 is 5.97 Å². The van der Waals surface area contributed by atoms with E-state index in [2.05, 4.69) is 0 Å². The van der Waals surface area contributed by atoms with Gasteiger partial charge in [0.25, 0.3) is 0 Å². The third kappa shape index (κ3) is 1.94. The topological polar surface area (TPSA) is 65.0 Å². The molecular weight excluding hydrogens is 248 g/mol. The van der Waals surface area contributed by atoms with Gasteiger partial charge in [-0.3, -0.25) is 4.79 Å². The molecule has 0 unspecified atom stereocenters. The van der Waals surface area contributed by atoms with Crippen LogP contribution in [0, 0.1) is 0 Å². The average Bonchev–Trinajstić information content (AvgIpc) is 3.14. The predicted molar refractivity (Wildman–Crippen MR) is 66.8 cm³/mol. The maximum atomic E-state index is 11.5. The lowest BCUT2D eigenvalue weighted by Gasteiger charge is -2.29. The first kappa shape index (κ1) is 12.3. The molecule has 102 valence electrons. The van der Waals surface area contributed by atoms with E-state index in [1.54, 1.807) is 19.2 Å². The second-order valence-corrected chi connectivity index (χ2v) is 5.00. The number of aliphatic carboxylic acids is 1. The van der Waals surface area contributed by atoms with Crippen LogP contribution in [0.1, 0.15) is 18.4 Å². The van der Waals surface area contributed by atoms with Gasteiger partial charge in [-0.25, -0.2) is 0 Å². The Labute approximate surface area is 111 Å². The van der Waals surface area contributed by atoms with Crippen molar-refractivity contribution in [1.82, 2.24) is 0 Å². The summed E-state index contributed by atoms with van der Waals surface area (Å²) in [5.41, 5.74) is -0.0830. The lowest BCUT2D eigenvalue weighted by atomic mass is 9.94. The van der Waals surface area contributed by atoms with Crippen LogP contribution in [0.3, 0.4) is 0 Å². The lowest BCUT2D eigenvalue weighted by Crippen LogP contribution is -2.39. The maximum Gasteiger partial charge on any atom is 0.314 e. The van der Waals surface area contributed by atoms with Crippen LogP contribution in [0.15, 0.2) is 18.2 Å². The summed E-state index contributed by atoms with van der Waals surface area (Å²) < 4.78 is 16.3. The molecule has 0 amide bonds. The molecule has 0 aromatic heterocycles. The number of benzene rings is 1. The van der Waals surface area contributed by atoms with Gasteiger partial charge in [0.05, 0.1) is 25.7 Å². The molecule has 19 heavy (non-hydrogen) atoms. The molecule has 1 heterocycles. The highest BCUT2D eigenvalue weighted by atomic mass is 16.6. The number of rotatable bonds is 5. The molecule has 1 saturated heterocycles. The van der Waals surface area contributed by atoms with Gasteiger partial charge in [0.2, 0.25) is 0 Å². The van der Waals surface area contributed by atoms with Gasteiger partial charge in [-0.1, -0.05) is 12.1 Å². The summed E-state index contributed by atoms with van der Waals surface area (Å²) in [6.07, 6.45) is 1.28. The Morgan fingerprint density at radius 1 is 1.42 bits per heavy atom. The van der Waals surface area contributed by atoms with Crippen LogP contribution in [0.25, 0.3) is 0 Å². The monoisotopic (exact) mass is 264 g/mol. The van der Waals surface area contributed by atoms with Crippen molar-refractivity contribution in [3.63, 3.8) is 0 Å². The van der Waals surface area contributed by atoms with Crippen molar-refractivity contribution in [2.75, 3.05) is 20.3 Å². The smallest absolute Gasteiger partial charge is 0.314 e. The van der Waals surface area contributed by atoms with Gasteiger partial charge in [0, 0.05) is 5.56 Å². The molecule has 2 aliphatic rings. The molecule has 1 aromatic rings. The third-order valence-corrected chi connectivity index (χ3v) is 3.77. The first-order valence-electron chi connectivity index (χ1n) is 6.32. The largest absolute Gasteiger partial charge is 0.493 e. The fourth-order valence-corrected chi connectivity index (χ4v) is 2.35. The van der Waals surface area contributed by atoms with Crippen LogP contribution in [0.2, 0.25) is 0 Å². The van der Waals surface area contributed by atoms with E-state index in [-0.39, 0.29) is 6.10 Å². The SMILES string of the molecule is COc1cccc(C2(C(=O)O)CC2)c1OC1COC1. The number of hydrogen-bond donors (Lipinski definition) is 1. The minimum atomic E-state index is -0.797. The molecule has 0 atom stereocenters. The van der Waals surface area contributed by atoms with Crippen molar-refractivity contribution < 1.29 is 24.1 Å². The van der Waals surface area contributed by atoms with Gasteiger partial charge in [0.15, 0.2) is 11.5 Å². The van der Waals surface area contributed by atoms with Crippen LogP contribution >= 0.6 is 0 Å². The highest BCUT2D eigenvalue weighted by molar-refractivity contribution is 5.86. The van der Waals surface area contributed by atoms with Crippen LogP contribution in [0.4, 0.5) is 0 Å². The van der Waals surface area contributed by atoms with Gasteiger partial charge in [-0.15, -0.1) is 0 Å². The summed E-state index contributed by atoms with van der Waals surface area (Å²) in [7, 11) is 1.56. The van der Waals surface area contributed by atoms with E-state index in [0.29, 0.717) is 43.1 Å². The summed E-state index contributed by atoms with van der Waals surface area (Å²) in [5.74, 6) is 0.339. The first-order chi connectivity index (χ1) is 9.17. The number of methoxy groups -OCH3 is 1. The van der Waals surface area contributed by atoms with E-state index in [1.807, 2.05) is 6.07 Å². The second kappa shape index (κ2) is 4.42. The summed E-state index contributed by atoms with van der Waals surface area (Å²) in [4.78, 5) is 11.5. The summed E-state index contributed by atoms with van der Waals surface area (Å²) in [6.45, 7) is 1.08. The minimum Gasteiger partial charge on any atom is -0.493 e. The molecule has 0 bridgehead atoms. The number of carbonyl (C=O) groups is 1. The molecule has 5 nitrogen and oxygen atoms in total. The molecule has 0 spiro atoms. The quantitative estimate of drug-likeness (QED) is 0.874. The standard InChI is InChI=1S/C14H16O5/c1-17-11-4-2-3-10(14(5-6-14)13(15)16)12(11)19-9-7-18-8-9/h2-4,9H,5-8H2,1H3,(H,15,16). The van der Waals surface area contributed by atoms with Crippen LogP contribution in [-0.2, 0) is 14.9 Å². The van der Waals surface area contributed by atoms with Crippen LogP contribution < -0.4 is 9.47 Å². The number of ether oxygens (including phenoxy) is 3. The summed E-state index contributed by atoms with van der Waals surface area (Å²) >= 11 is 0. The fraction of sp³-hybridized carbons (Fsp3) is 0.500. The molecule has 2 fully saturated rings. The zero-order chi connectivity index (χ0) is 13.5. The average molecular weight is 264 g/mol. The van der Waals surface area contributed by atoms with Crippen molar-refractivity contribution in [3.8, 4) is 11.5 Å². The number of hydrogen-bond acceptors (Lipinski definition) is 4. The zero-order valence-corrected chi connectivity index (χ0v) is 10.7. The van der Waals surface area contributed by atoms with Gasteiger partial charge in [-0.2, -0.15) is 0 Å². The summed E-state index contributed by atoms with van der Waals surface area (Å²) in [5, 5.41) is 9.43. The Kier molecular flexibility index (Phi) is 2.86. The molecule has 1 aliphatic carbocycles. The van der Waals surface area contributed by atoms with Gasteiger partial charge < -0.3 is 19.3 Å². The molecule has 1 aliphatic heterocycles. The van der Waals surface area contributed by atoms with Crippen LogP contribution in [-0.4, -0.2) is 37.5 Å². The zero-order valence-electron chi connectivity index (χ0n) is 10.7. The van der Waals surface area contributed by atoms with Crippen molar-refractivity contribution in [2.45, 2.75) is 24.4 Å². The van der Waals surface area contributed by atoms with E-state index < -0.39 is 11.4 Å². The molecule has 0 radical (unpaired) electrons. The van der Waals surface area contributed by atoms with Gasteiger partial charge in [0.1, 0.15) is 6.10 Å². The van der Waals surface area contributed by atoms with E-state index in [9.17, 15) is 9.90 Å². The Morgan fingerprint density at radius 2 is 2.16 bits per heavy atom. The highest BCUT2D eigenvalue weighted by Gasteiger charge is 2.54. The molecule has 1 N–H and O–H groups in total. The predicted octanol–water partition coefficient (Wildman–Crippen LogP) is 1.59. The highest BCUT2D eigenvalue weighted by Crippen LogP contribution is 2.53. The third-order valence-electron chi connectivity index (χ3n) is 3.77. The molecule has 1 saturated carbocycles. The number of carboxylic acids is 1. The number of carboxylic acid groups (broad SMARTS) is 1. The first-order valence-corrected chi connectivity index (χ1v) is 6.32. The minimum absolute atomic E-state index is 0.0142. The van der Waals surface area contributed by atoms with Gasteiger partial charge in [-0.05, 0) is 18.9 Å². The fourth-order valence-electron chi connectivity index (χ4n) is 2.35. The second-order valence-electron chi connectivity index (χ2n) is 5.00. The molecular formula is C14H16O5. The Hall–Kier alpha value is -1.75. The van der Waals surface area contributed by atoms with Crippen LogP contribution in [0.5, 0.6) is 11.5 Å². The Morgan fingerprint density at radius 3 is 2.63 bits per heavy atom. The van der Waals surface area contributed by atoms with Crippen molar-refractivity contribution in [1.29, 1.82) is 0 Å². The number of para-hydroxylation sites is 1. The lowest BCUT2D eigenvalue weighted by molar-refractivity contribution is -0.140. The maximum absolute atomic E-state index is 11.5. The molecule has 5 heteroatoms. The Bertz CT molecular complexity index is 503. The molecule has 1 aromatic carbocycles. The van der Waals surface area contributed by atoms with E-state index >= 15 is 0 Å². The van der Waals surface area contributed by atoms with Crippen molar-refractivity contribution in [3.05, 3.63) is 23.8 Å². The van der Waals surface area contributed by atoms with Crippen molar-refractivity contribution >= 4 is 5.97 Å². The Balaban J connectivity index is 2.00.